The standard InChI is InChI=1S/C20H26FN3O4/c1-20(2,3)19-22-16(28-23-19)9-6-10-17(25)24(13-18(26)27-4)12-14-7-5-8-15(21)11-14/h5,7-8,11H,6,9-10,12-13H2,1-4H3. The monoisotopic (exact) mass is 391 g/mol. The number of aromatic nitrogens is 2. The molecule has 8 heteroatoms. The predicted octanol–water partition coefficient (Wildman–Crippen LogP) is 3.03. The Hall–Kier alpha value is -2.77. The molecule has 7 nitrogen and oxygen atoms in total. The molecule has 2 aromatic rings. The molecule has 0 fully saturated rings. The first-order chi connectivity index (χ1) is 13.2. The summed E-state index contributed by atoms with van der Waals surface area (Å²) in [6.07, 6.45) is 1.14. The number of methoxy groups -OCH3 is 1. The lowest BCUT2D eigenvalue weighted by atomic mass is 9.96. The van der Waals surface area contributed by atoms with Crippen molar-refractivity contribution >= 4 is 11.9 Å². The van der Waals surface area contributed by atoms with Crippen LogP contribution in [-0.4, -0.2) is 40.6 Å². The lowest BCUT2D eigenvalue weighted by Crippen LogP contribution is -2.35. The molecular weight excluding hydrogens is 365 g/mol. The largest absolute Gasteiger partial charge is 0.468 e. The average molecular weight is 391 g/mol. The second-order valence-electron chi connectivity index (χ2n) is 7.57. The Morgan fingerprint density at radius 2 is 2.04 bits per heavy atom. The van der Waals surface area contributed by atoms with Crippen LogP contribution in [0.3, 0.4) is 0 Å². The summed E-state index contributed by atoms with van der Waals surface area (Å²) in [6, 6.07) is 5.93. The number of esters is 1. The molecule has 0 saturated heterocycles. The number of aryl methyl sites for hydroxylation is 1. The number of benzene rings is 1. The van der Waals surface area contributed by atoms with Gasteiger partial charge in [0.1, 0.15) is 12.4 Å². The quantitative estimate of drug-likeness (QED) is 0.643. The van der Waals surface area contributed by atoms with Crippen LogP contribution in [0.2, 0.25) is 0 Å². The van der Waals surface area contributed by atoms with Crippen molar-refractivity contribution in [2.75, 3.05) is 13.7 Å². The Kier molecular flexibility index (Phi) is 7.25. The minimum atomic E-state index is -0.531. The van der Waals surface area contributed by atoms with Gasteiger partial charge in [-0.1, -0.05) is 38.1 Å². The molecule has 1 aromatic heterocycles. The van der Waals surface area contributed by atoms with Gasteiger partial charge in [0.15, 0.2) is 5.82 Å². The van der Waals surface area contributed by atoms with Crippen LogP contribution in [0.15, 0.2) is 28.8 Å². The van der Waals surface area contributed by atoms with Gasteiger partial charge in [0.25, 0.3) is 0 Å². The van der Waals surface area contributed by atoms with Crippen molar-refractivity contribution in [3.05, 3.63) is 47.4 Å². The maximum atomic E-state index is 13.4. The molecule has 0 atom stereocenters. The number of ether oxygens (including phenoxy) is 1. The lowest BCUT2D eigenvalue weighted by molar-refractivity contribution is -0.147. The molecular formula is C20H26FN3O4. The van der Waals surface area contributed by atoms with Gasteiger partial charge in [-0.2, -0.15) is 4.98 Å². The molecule has 0 aliphatic rings. The van der Waals surface area contributed by atoms with Crippen LogP contribution in [0.4, 0.5) is 4.39 Å². The van der Waals surface area contributed by atoms with Gasteiger partial charge < -0.3 is 14.2 Å². The lowest BCUT2D eigenvalue weighted by Gasteiger charge is -2.21. The number of carbonyl (C=O) groups is 2. The van der Waals surface area contributed by atoms with E-state index in [-0.39, 0.29) is 30.8 Å². The highest BCUT2D eigenvalue weighted by Crippen LogP contribution is 2.19. The van der Waals surface area contributed by atoms with Gasteiger partial charge >= 0.3 is 5.97 Å². The Balaban J connectivity index is 1.95. The highest BCUT2D eigenvalue weighted by atomic mass is 19.1. The summed E-state index contributed by atoms with van der Waals surface area (Å²) in [5, 5.41) is 3.96. The molecule has 0 spiro atoms. The van der Waals surface area contributed by atoms with E-state index in [0.717, 1.165) is 0 Å². The fraction of sp³-hybridized carbons (Fsp3) is 0.500. The fourth-order valence-electron chi connectivity index (χ4n) is 2.52. The average Bonchev–Trinajstić information content (AvgIpc) is 3.10. The molecule has 28 heavy (non-hydrogen) atoms. The van der Waals surface area contributed by atoms with Gasteiger partial charge in [-0.3, -0.25) is 9.59 Å². The first-order valence-electron chi connectivity index (χ1n) is 9.11. The molecule has 152 valence electrons. The predicted molar refractivity (Wildman–Crippen MR) is 99.8 cm³/mol. The Morgan fingerprint density at radius 1 is 1.29 bits per heavy atom. The van der Waals surface area contributed by atoms with Gasteiger partial charge in [0.2, 0.25) is 11.8 Å². The summed E-state index contributed by atoms with van der Waals surface area (Å²) in [7, 11) is 1.26. The van der Waals surface area contributed by atoms with Gasteiger partial charge in [-0.25, -0.2) is 4.39 Å². The number of nitrogens with zero attached hydrogens (tertiary/aromatic N) is 3. The minimum Gasteiger partial charge on any atom is -0.468 e. The highest BCUT2D eigenvalue weighted by molar-refractivity contribution is 5.82. The summed E-state index contributed by atoms with van der Waals surface area (Å²) in [6.45, 7) is 5.90. The molecule has 0 unspecified atom stereocenters. The molecule has 1 amide bonds. The van der Waals surface area contributed by atoms with Crippen molar-refractivity contribution in [2.24, 2.45) is 0 Å². The zero-order valence-corrected chi connectivity index (χ0v) is 16.7. The maximum absolute atomic E-state index is 13.4. The van der Waals surface area contributed by atoms with Crippen molar-refractivity contribution < 1.29 is 23.2 Å². The molecule has 0 saturated carbocycles. The molecule has 1 aromatic carbocycles. The minimum absolute atomic E-state index is 0.125. The molecule has 0 bridgehead atoms. The normalized spacial score (nSPS) is 11.3. The fourth-order valence-corrected chi connectivity index (χ4v) is 2.52. The van der Waals surface area contributed by atoms with E-state index in [1.165, 1.54) is 24.1 Å². The number of halogens is 1. The van der Waals surface area contributed by atoms with E-state index in [4.69, 9.17) is 4.52 Å². The number of hydrogen-bond donors (Lipinski definition) is 0. The summed E-state index contributed by atoms with van der Waals surface area (Å²) in [5.74, 6) is -0.0645. The van der Waals surface area contributed by atoms with Crippen molar-refractivity contribution in [2.45, 2.75) is 52.0 Å². The van der Waals surface area contributed by atoms with Crippen LogP contribution in [-0.2, 0) is 32.7 Å². The number of carbonyl (C=O) groups excluding carboxylic acids is 2. The van der Waals surface area contributed by atoms with E-state index in [0.29, 0.717) is 30.1 Å². The third-order valence-corrected chi connectivity index (χ3v) is 4.08. The van der Waals surface area contributed by atoms with E-state index in [1.54, 1.807) is 12.1 Å². The van der Waals surface area contributed by atoms with E-state index in [2.05, 4.69) is 14.9 Å². The summed E-state index contributed by atoms with van der Waals surface area (Å²) < 4.78 is 23.3. The molecule has 1 heterocycles. The Morgan fingerprint density at radius 3 is 2.64 bits per heavy atom. The third kappa shape index (κ3) is 6.44. The van der Waals surface area contributed by atoms with Gasteiger partial charge in [-0.05, 0) is 24.1 Å². The molecule has 0 radical (unpaired) electrons. The zero-order chi connectivity index (χ0) is 20.7. The topological polar surface area (TPSA) is 85.5 Å². The number of hydrogen-bond acceptors (Lipinski definition) is 6. The van der Waals surface area contributed by atoms with Gasteiger partial charge in [0, 0.05) is 24.8 Å². The number of amides is 1. The summed E-state index contributed by atoms with van der Waals surface area (Å²) >= 11 is 0. The van der Waals surface area contributed by atoms with E-state index < -0.39 is 11.8 Å². The Bertz CT molecular complexity index is 814. The summed E-state index contributed by atoms with van der Waals surface area (Å²) in [5.41, 5.74) is 0.392. The van der Waals surface area contributed by atoms with Crippen molar-refractivity contribution in [3.8, 4) is 0 Å². The van der Waals surface area contributed by atoms with Crippen LogP contribution in [0.25, 0.3) is 0 Å². The molecule has 0 N–H and O–H groups in total. The van der Waals surface area contributed by atoms with Crippen LogP contribution in [0.1, 0.15) is 50.9 Å². The summed E-state index contributed by atoms with van der Waals surface area (Å²) in [4.78, 5) is 29.9. The van der Waals surface area contributed by atoms with E-state index in [1.807, 2.05) is 20.8 Å². The SMILES string of the molecule is COC(=O)CN(Cc1cccc(F)c1)C(=O)CCCc1nc(C(C)(C)C)no1. The van der Waals surface area contributed by atoms with Gasteiger partial charge in [-0.15, -0.1) is 0 Å². The second-order valence-corrected chi connectivity index (χ2v) is 7.57. The van der Waals surface area contributed by atoms with Crippen LogP contribution in [0, 0.1) is 5.82 Å². The third-order valence-electron chi connectivity index (χ3n) is 4.08. The first-order valence-corrected chi connectivity index (χ1v) is 9.11. The van der Waals surface area contributed by atoms with Crippen LogP contribution >= 0.6 is 0 Å². The first kappa shape index (κ1) is 21.5. The van der Waals surface area contributed by atoms with Crippen LogP contribution < -0.4 is 0 Å². The smallest absolute Gasteiger partial charge is 0.325 e. The van der Waals surface area contributed by atoms with Crippen molar-refractivity contribution in [1.29, 1.82) is 0 Å². The Labute approximate surface area is 163 Å². The van der Waals surface area contributed by atoms with E-state index >= 15 is 0 Å². The highest BCUT2D eigenvalue weighted by Gasteiger charge is 2.22. The van der Waals surface area contributed by atoms with E-state index in [9.17, 15) is 14.0 Å². The van der Waals surface area contributed by atoms with Crippen molar-refractivity contribution in [3.63, 3.8) is 0 Å². The van der Waals surface area contributed by atoms with Crippen LogP contribution in [0.5, 0.6) is 0 Å². The molecule has 0 aliphatic heterocycles. The maximum Gasteiger partial charge on any atom is 0.325 e. The van der Waals surface area contributed by atoms with Gasteiger partial charge in [0.05, 0.1) is 7.11 Å². The molecule has 2 rings (SSSR count). The molecule has 0 aliphatic carbocycles. The zero-order valence-electron chi connectivity index (χ0n) is 16.7. The second kappa shape index (κ2) is 9.43. The number of rotatable bonds is 8. The van der Waals surface area contributed by atoms with Crippen molar-refractivity contribution in [1.82, 2.24) is 15.0 Å².